The minimum absolute atomic E-state index is 0.0599. The standard InChI is InChI=1S/C10H11ClN2O/c11-6-1-2-7-8(9(12)5-14)4-13-10(7)3-6/h1-4,9,13-14H,5,12H2/t9-/m0/s1. The van der Waals surface area contributed by atoms with Crippen molar-refractivity contribution in [1.29, 1.82) is 0 Å². The van der Waals surface area contributed by atoms with Crippen LogP contribution in [0.1, 0.15) is 11.6 Å². The van der Waals surface area contributed by atoms with E-state index in [4.69, 9.17) is 22.4 Å². The number of hydrogen-bond donors (Lipinski definition) is 3. The lowest BCUT2D eigenvalue weighted by Gasteiger charge is -2.05. The second kappa shape index (κ2) is 3.61. The number of aromatic nitrogens is 1. The van der Waals surface area contributed by atoms with Gasteiger partial charge in [0.05, 0.1) is 12.6 Å². The quantitative estimate of drug-likeness (QED) is 0.708. The van der Waals surface area contributed by atoms with Gasteiger partial charge in [-0.2, -0.15) is 0 Å². The Hall–Kier alpha value is -1.03. The number of hydrogen-bond acceptors (Lipinski definition) is 2. The summed E-state index contributed by atoms with van der Waals surface area (Å²) in [5.74, 6) is 0. The molecule has 1 aromatic carbocycles. The van der Waals surface area contributed by atoms with Crippen LogP contribution in [0.2, 0.25) is 5.02 Å². The van der Waals surface area contributed by atoms with Gasteiger partial charge in [-0.25, -0.2) is 0 Å². The summed E-state index contributed by atoms with van der Waals surface area (Å²) in [6.45, 7) is -0.0599. The predicted octanol–water partition coefficient (Wildman–Crippen LogP) is 1.81. The molecule has 3 nitrogen and oxygen atoms in total. The lowest BCUT2D eigenvalue weighted by atomic mass is 10.1. The summed E-state index contributed by atoms with van der Waals surface area (Å²) < 4.78 is 0. The summed E-state index contributed by atoms with van der Waals surface area (Å²) >= 11 is 5.84. The molecule has 1 heterocycles. The number of halogens is 1. The third-order valence-corrected chi connectivity index (χ3v) is 2.51. The molecular weight excluding hydrogens is 200 g/mol. The summed E-state index contributed by atoms with van der Waals surface area (Å²) in [6, 6.07) is 5.21. The van der Waals surface area contributed by atoms with Crippen LogP contribution in [0.5, 0.6) is 0 Å². The summed E-state index contributed by atoms with van der Waals surface area (Å²) in [6.07, 6.45) is 1.81. The maximum atomic E-state index is 8.96. The molecule has 14 heavy (non-hydrogen) atoms. The van der Waals surface area contributed by atoms with Crippen LogP contribution in [0.4, 0.5) is 0 Å². The van der Waals surface area contributed by atoms with Crippen molar-refractivity contribution in [3.05, 3.63) is 35.0 Å². The summed E-state index contributed by atoms with van der Waals surface area (Å²) in [5, 5.41) is 10.6. The fourth-order valence-corrected chi connectivity index (χ4v) is 1.70. The number of aromatic amines is 1. The van der Waals surface area contributed by atoms with E-state index in [1.54, 1.807) is 0 Å². The minimum Gasteiger partial charge on any atom is -0.394 e. The molecule has 0 fully saturated rings. The summed E-state index contributed by atoms with van der Waals surface area (Å²) in [5.41, 5.74) is 7.60. The van der Waals surface area contributed by atoms with Crippen molar-refractivity contribution >= 4 is 22.5 Å². The molecule has 0 spiro atoms. The molecule has 2 aromatic rings. The van der Waals surface area contributed by atoms with Crippen molar-refractivity contribution in [1.82, 2.24) is 4.98 Å². The second-order valence-electron chi connectivity index (χ2n) is 3.22. The third kappa shape index (κ3) is 1.50. The van der Waals surface area contributed by atoms with Crippen LogP contribution in [0.15, 0.2) is 24.4 Å². The van der Waals surface area contributed by atoms with Gasteiger partial charge in [0.1, 0.15) is 0 Å². The van der Waals surface area contributed by atoms with Crippen molar-refractivity contribution in [2.45, 2.75) is 6.04 Å². The Morgan fingerprint density at radius 2 is 2.29 bits per heavy atom. The van der Waals surface area contributed by atoms with Crippen LogP contribution in [-0.2, 0) is 0 Å². The second-order valence-corrected chi connectivity index (χ2v) is 3.66. The zero-order valence-electron chi connectivity index (χ0n) is 7.50. The first-order chi connectivity index (χ1) is 6.72. The van der Waals surface area contributed by atoms with E-state index in [2.05, 4.69) is 4.98 Å². The topological polar surface area (TPSA) is 62.0 Å². The zero-order valence-corrected chi connectivity index (χ0v) is 8.25. The first-order valence-corrected chi connectivity index (χ1v) is 4.73. The van der Waals surface area contributed by atoms with E-state index < -0.39 is 0 Å². The van der Waals surface area contributed by atoms with Crippen LogP contribution in [0, 0.1) is 0 Å². The van der Waals surface area contributed by atoms with Crippen LogP contribution in [-0.4, -0.2) is 16.7 Å². The van der Waals surface area contributed by atoms with Gasteiger partial charge >= 0.3 is 0 Å². The van der Waals surface area contributed by atoms with E-state index >= 15 is 0 Å². The molecule has 2 rings (SSSR count). The highest BCUT2D eigenvalue weighted by molar-refractivity contribution is 6.31. The van der Waals surface area contributed by atoms with Crippen LogP contribution in [0.25, 0.3) is 10.9 Å². The predicted molar refractivity (Wildman–Crippen MR) is 57.3 cm³/mol. The molecule has 74 valence electrons. The number of benzene rings is 1. The van der Waals surface area contributed by atoms with E-state index in [-0.39, 0.29) is 12.6 Å². The number of H-pyrrole nitrogens is 1. The number of aliphatic hydroxyl groups excluding tert-OH is 1. The molecule has 0 aliphatic heterocycles. The fourth-order valence-electron chi connectivity index (χ4n) is 1.53. The molecule has 0 bridgehead atoms. The van der Waals surface area contributed by atoms with Gasteiger partial charge in [-0.05, 0) is 17.7 Å². The van der Waals surface area contributed by atoms with Crippen molar-refractivity contribution in [2.75, 3.05) is 6.61 Å². The molecule has 4 heteroatoms. The molecular formula is C10H11ClN2O. The monoisotopic (exact) mass is 210 g/mol. The SMILES string of the molecule is N[C@@H](CO)c1c[nH]c2cc(Cl)ccc12. The number of rotatable bonds is 2. The Kier molecular flexibility index (Phi) is 2.46. The zero-order chi connectivity index (χ0) is 10.1. The first kappa shape index (κ1) is 9.52. The van der Waals surface area contributed by atoms with Gasteiger partial charge in [0, 0.05) is 22.1 Å². The molecule has 0 radical (unpaired) electrons. The van der Waals surface area contributed by atoms with Gasteiger partial charge in [0.25, 0.3) is 0 Å². The van der Waals surface area contributed by atoms with Crippen LogP contribution >= 0.6 is 11.6 Å². The molecule has 0 aliphatic carbocycles. The van der Waals surface area contributed by atoms with Crippen LogP contribution in [0.3, 0.4) is 0 Å². The van der Waals surface area contributed by atoms with E-state index in [9.17, 15) is 0 Å². The normalized spacial score (nSPS) is 13.4. The Morgan fingerprint density at radius 1 is 1.50 bits per heavy atom. The lowest BCUT2D eigenvalue weighted by Crippen LogP contribution is -2.13. The fraction of sp³-hybridized carbons (Fsp3) is 0.200. The molecule has 4 N–H and O–H groups in total. The smallest absolute Gasteiger partial charge is 0.0625 e. The highest BCUT2D eigenvalue weighted by Gasteiger charge is 2.10. The largest absolute Gasteiger partial charge is 0.394 e. The van der Waals surface area contributed by atoms with Gasteiger partial charge in [-0.15, -0.1) is 0 Å². The van der Waals surface area contributed by atoms with Gasteiger partial charge in [0.15, 0.2) is 0 Å². The van der Waals surface area contributed by atoms with E-state index in [1.165, 1.54) is 0 Å². The molecule has 0 aliphatic rings. The Bertz CT molecular complexity index is 452. The maximum absolute atomic E-state index is 8.96. The Labute approximate surface area is 86.5 Å². The van der Waals surface area contributed by atoms with Gasteiger partial charge in [-0.1, -0.05) is 17.7 Å². The Morgan fingerprint density at radius 3 is 3.00 bits per heavy atom. The number of aliphatic hydroxyl groups is 1. The van der Waals surface area contributed by atoms with Crippen molar-refractivity contribution in [3.8, 4) is 0 Å². The van der Waals surface area contributed by atoms with Crippen molar-refractivity contribution < 1.29 is 5.11 Å². The molecule has 0 amide bonds. The van der Waals surface area contributed by atoms with Gasteiger partial charge in [-0.3, -0.25) is 0 Å². The maximum Gasteiger partial charge on any atom is 0.0625 e. The molecule has 0 saturated heterocycles. The molecule has 0 saturated carbocycles. The molecule has 0 unspecified atom stereocenters. The Balaban J connectivity index is 2.58. The molecule has 1 aromatic heterocycles. The van der Waals surface area contributed by atoms with Crippen LogP contribution < -0.4 is 5.73 Å². The highest BCUT2D eigenvalue weighted by Crippen LogP contribution is 2.25. The molecule has 1 atom stereocenters. The number of nitrogens with one attached hydrogen (secondary N) is 1. The lowest BCUT2D eigenvalue weighted by molar-refractivity contribution is 0.268. The van der Waals surface area contributed by atoms with E-state index in [0.29, 0.717) is 5.02 Å². The van der Waals surface area contributed by atoms with Crippen molar-refractivity contribution in [3.63, 3.8) is 0 Å². The van der Waals surface area contributed by atoms with Crippen molar-refractivity contribution in [2.24, 2.45) is 5.73 Å². The van der Waals surface area contributed by atoms with Gasteiger partial charge < -0.3 is 15.8 Å². The first-order valence-electron chi connectivity index (χ1n) is 4.35. The third-order valence-electron chi connectivity index (χ3n) is 2.27. The summed E-state index contributed by atoms with van der Waals surface area (Å²) in [4.78, 5) is 3.07. The van der Waals surface area contributed by atoms with E-state index in [1.807, 2.05) is 24.4 Å². The average molecular weight is 211 g/mol. The van der Waals surface area contributed by atoms with Gasteiger partial charge in [0.2, 0.25) is 0 Å². The van der Waals surface area contributed by atoms with E-state index in [0.717, 1.165) is 16.5 Å². The number of nitrogens with two attached hydrogens (primary N) is 1. The minimum atomic E-state index is -0.343. The average Bonchev–Trinajstić information content (AvgIpc) is 2.59. The highest BCUT2D eigenvalue weighted by atomic mass is 35.5. The number of fused-ring (bicyclic) bond motifs is 1. The summed E-state index contributed by atoms with van der Waals surface area (Å²) in [7, 11) is 0.